The quantitative estimate of drug-likeness (QED) is 0.710. The topological polar surface area (TPSA) is 49.3 Å². The Bertz CT molecular complexity index is 387. The Labute approximate surface area is 89.3 Å². The number of halogens is 1. The molecule has 3 nitrogen and oxygen atoms in total. The molecule has 2 N–H and O–H groups in total. The molecule has 0 bridgehead atoms. The van der Waals surface area contributed by atoms with Gasteiger partial charge in [-0.2, -0.15) is 0 Å². The number of fused-ring (bicyclic) bond motifs is 1. The van der Waals surface area contributed by atoms with Crippen molar-refractivity contribution in [2.45, 2.75) is 12.5 Å². The van der Waals surface area contributed by atoms with E-state index < -0.39 is 5.60 Å². The Morgan fingerprint density at radius 3 is 2.85 bits per heavy atom. The monoisotopic (exact) mass is 289 g/mol. The number of benzene rings is 1. The molecule has 1 aromatic rings. The molecule has 4 heteroatoms. The summed E-state index contributed by atoms with van der Waals surface area (Å²) in [6.07, 6.45) is 0. The lowest BCUT2D eigenvalue weighted by Crippen LogP contribution is -2.30. The number of carbonyl (C=O) groups is 1. The van der Waals surface area contributed by atoms with E-state index in [2.05, 4.69) is 27.9 Å². The van der Waals surface area contributed by atoms with Gasteiger partial charge in [-0.05, 0) is 35.6 Å². The normalized spacial score (nSPS) is 25.6. The SMILES string of the molecule is CC1(O)C(=O)Nc2c(I)cccc21. The molecule has 1 aliphatic rings. The zero-order valence-corrected chi connectivity index (χ0v) is 9.12. The van der Waals surface area contributed by atoms with Crippen LogP contribution in [0.3, 0.4) is 0 Å². The fourth-order valence-electron chi connectivity index (χ4n) is 1.41. The summed E-state index contributed by atoms with van der Waals surface area (Å²) in [5.74, 6) is -0.355. The summed E-state index contributed by atoms with van der Waals surface area (Å²) in [6, 6.07) is 5.48. The number of para-hydroxylation sites is 1. The minimum Gasteiger partial charge on any atom is -0.375 e. The summed E-state index contributed by atoms with van der Waals surface area (Å²) in [7, 11) is 0. The van der Waals surface area contributed by atoms with Crippen LogP contribution in [0.1, 0.15) is 12.5 Å². The van der Waals surface area contributed by atoms with E-state index in [1.807, 2.05) is 12.1 Å². The van der Waals surface area contributed by atoms with E-state index in [4.69, 9.17) is 0 Å². The highest BCUT2D eigenvalue weighted by Gasteiger charge is 2.41. The van der Waals surface area contributed by atoms with Gasteiger partial charge in [0.1, 0.15) is 0 Å². The largest absolute Gasteiger partial charge is 0.375 e. The predicted molar refractivity (Wildman–Crippen MR) is 57.4 cm³/mol. The highest BCUT2D eigenvalue weighted by molar-refractivity contribution is 14.1. The molecule has 1 amide bonds. The molecule has 0 radical (unpaired) electrons. The molecule has 0 saturated heterocycles. The number of amides is 1. The average Bonchev–Trinajstić information content (AvgIpc) is 2.28. The molecule has 0 fully saturated rings. The van der Waals surface area contributed by atoms with Crippen molar-refractivity contribution in [3.05, 3.63) is 27.3 Å². The first kappa shape index (κ1) is 8.96. The van der Waals surface area contributed by atoms with Gasteiger partial charge in [-0.1, -0.05) is 12.1 Å². The molecule has 13 heavy (non-hydrogen) atoms. The minimum atomic E-state index is -1.38. The van der Waals surface area contributed by atoms with E-state index in [1.165, 1.54) is 6.92 Å². The summed E-state index contributed by atoms with van der Waals surface area (Å²) in [5, 5.41) is 12.5. The average molecular weight is 289 g/mol. The molecule has 68 valence electrons. The van der Waals surface area contributed by atoms with E-state index in [0.29, 0.717) is 5.56 Å². The van der Waals surface area contributed by atoms with Crippen LogP contribution in [-0.4, -0.2) is 11.0 Å². The number of rotatable bonds is 0. The van der Waals surface area contributed by atoms with E-state index in [0.717, 1.165) is 9.26 Å². The van der Waals surface area contributed by atoms with Crippen molar-refractivity contribution in [2.75, 3.05) is 5.32 Å². The van der Waals surface area contributed by atoms with Crippen molar-refractivity contribution in [1.29, 1.82) is 0 Å². The Balaban J connectivity index is 2.68. The van der Waals surface area contributed by atoms with Crippen LogP contribution < -0.4 is 5.32 Å². The number of aliphatic hydroxyl groups is 1. The highest BCUT2D eigenvalue weighted by atomic mass is 127. The fourth-order valence-corrected chi connectivity index (χ4v) is 2.05. The molecular weight excluding hydrogens is 281 g/mol. The predicted octanol–water partition coefficient (Wildman–Crippen LogP) is 1.45. The van der Waals surface area contributed by atoms with Gasteiger partial charge in [-0.15, -0.1) is 0 Å². The first-order chi connectivity index (χ1) is 6.03. The molecule has 1 unspecified atom stereocenters. The van der Waals surface area contributed by atoms with Crippen LogP contribution in [0.2, 0.25) is 0 Å². The summed E-state index contributed by atoms with van der Waals surface area (Å²) >= 11 is 2.13. The van der Waals surface area contributed by atoms with E-state index in [-0.39, 0.29) is 5.91 Å². The molecule has 0 spiro atoms. The van der Waals surface area contributed by atoms with Gasteiger partial charge in [0, 0.05) is 9.13 Å². The van der Waals surface area contributed by atoms with Crippen LogP contribution >= 0.6 is 22.6 Å². The van der Waals surface area contributed by atoms with Crippen LogP contribution in [0.4, 0.5) is 5.69 Å². The Kier molecular flexibility index (Phi) is 1.85. The first-order valence-corrected chi connectivity index (χ1v) is 4.94. The maximum Gasteiger partial charge on any atom is 0.260 e. The van der Waals surface area contributed by atoms with Crippen LogP contribution in [-0.2, 0) is 10.4 Å². The van der Waals surface area contributed by atoms with Crippen molar-refractivity contribution in [1.82, 2.24) is 0 Å². The summed E-state index contributed by atoms with van der Waals surface area (Å²) < 4.78 is 0.946. The van der Waals surface area contributed by atoms with Crippen molar-refractivity contribution in [3.63, 3.8) is 0 Å². The van der Waals surface area contributed by atoms with Gasteiger partial charge >= 0.3 is 0 Å². The van der Waals surface area contributed by atoms with E-state index >= 15 is 0 Å². The third-order valence-corrected chi connectivity index (χ3v) is 3.12. The molecule has 0 saturated carbocycles. The number of anilines is 1. The van der Waals surface area contributed by atoms with Crippen LogP contribution in [0.25, 0.3) is 0 Å². The molecular formula is C9H8INO2. The van der Waals surface area contributed by atoms with Gasteiger partial charge in [0.25, 0.3) is 5.91 Å². The lowest BCUT2D eigenvalue weighted by atomic mass is 9.98. The Hall–Kier alpha value is -0.620. The molecule has 1 atom stereocenters. The zero-order valence-electron chi connectivity index (χ0n) is 6.97. The second-order valence-electron chi connectivity index (χ2n) is 3.19. The number of hydrogen-bond donors (Lipinski definition) is 2. The van der Waals surface area contributed by atoms with Crippen LogP contribution in [0.5, 0.6) is 0 Å². The minimum absolute atomic E-state index is 0.355. The van der Waals surface area contributed by atoms with Crippen molar-refractivity contribution >= 4 is 34.2 Å². The molecule has 0 aromatic heterocycles. The Morgan fingerprint density at radius 1 is 1.54 bits per heavy atom. The van der Waals surface area contributed by atoms with Gasteiger partial charge < -0.3 is 10.4 Å². The number of carbonyl (C=O) groups excluding carboxylic acids is 1. The van der Waals surface area contributed by atoms with Gasteiger partial charge in [0.15, 0.2) is 5.60 Å². The van der Waals surface area contributed by atoms with E-state index in [1.54, 1.807) is 6.07 Å². The summed E-state index contributed by atoms with van der Waals surface area (Å²) in [6.45, 7) is 1.50. The maximum atomic E-state index is 11.3. The second-order valence-corrected chi connectivity index (χ2v) is 4.35. The smallest absolute Gasteiger partial charge is 0.260 e. The van der Waals surface area contributed by atoms with Gasteiger partial charge in [-0.25, -0.2) is 0 Å². The summed E-state index contributed by atoms with van der Waals surface area (Å²) in [5.41, 5.74) is 0.0127. The van der Waals surface area contributed by atoms with E-state index in [9.17, 15) is 9.90 Å². The van der Waals surface area contributed by atoms with Crippen LogP contribution in [0, 0.1) is 3.57 Å². The molecule has 1 aliphatic heterocycles. The standard InChI is InChI=1S/C9H8INO2/c1-9(13)5-3-2-4-6(10)7(5)11-8(9)12/h2-4,13H,1H3,(H,11,12). The lowest BCUT2D eigenvalue weighted by molar-refractivity contribution is -0.131. The van der Waals surface area contributed by atoms with Gasteiger partial charge in [0.2, 0.25) is 0 Å². The van der Waals surface area contributed by atoms with Gasteiger partial charge in [0.05, 0.1) is 5.69 Å². The number of hydrogen-bond acceptors (Lipinski definition) is 2. The Morgan fingerprint density at radius 2 is 2.23 bits per heavy atom. The third kappa shape index (κ3) is 1.16. The molecule has 0 aliphatic carbocycles. The first-order valence-electron chi connectivity index (χ1n) is 3.86. The van der Waals surface area contributed by atoms with Crippen molar-refractivity contribution in [3.8, 4) is 0 Å². The highest BCUT2D eigenvalue weighted by Crippen LogP contribution is 2.37. The summed E-state index contributed by atoms with van der Waals surface area (Å²) in [4.78, 5) is 11.3. The van der Waals surface area contributed by atoms with Crippen molar-refractivity contribution in [2.24, 2.45) is 0 Å². The third-order valence-electron chi connectivity index (χ3n) is 2.22. The zero-order chi connectivity index (χ0) is 9.64. The number of nitrogens with one attached hydrogen (secondary N) is 1. The second kappa shape index (κ2) is 2.68. The van der Waals surface area contributed by atoms with Crippen LogP contribution in [0.15, 0.2) is 18.2 Å². The molecule has 2 rings (SSSR count). The molecule has 1 heterocycles. The maximum absolute atomic E-state index is 11.3. The van der Waals surface area contributed by atoms with Gasteiger partial charge in [-0.3, -0.25) is 4.79 Å². The fraction of sp³-hybridized carbons (Fsp3) is 0.222. The van der Waals surface area contributed by atoms with Crippen molar-refractivity contribution < 1.29 is 9.90 Å². The molecule has 1 aromatic carbocycles. The lowest BCUT2D eigenvalue weighted by Gasteiger charge is -2.13.